The summed E-state index contributed by atoms with van der Waals surface area (Å²) in [6, 6.07) is 9.82. The van der Waals surface area contributed by atoms with Crippen LogP contribution in [0.1, 0.15) is 0 Å². The van der Waals surface area contributed by atoms with Gasteiger partial charge >= 0.3 is 0 Å². The number of thiazole rings is 1. The summed E-state index contributed by atoms with van der Waals surface area (Å²) < 4.78 is 29.7. The number of aryl methyl sites for hydroxylation is 1. The molecule has 0 amide bonds. The van der Waals surface area contributed by atoms with E-state index in [9.17, 15) is 8.42 Å². The van der Waals surface area contributed by atoms with Gasteiger partial charge in [0.15, 0.2) is 12.7 Å². The maximum absolute atomic E-state index is 11.3. The van der Waals surface area contributed by atoms with Crippen molar-refractivity contribution in [2.24, 2.45) is 0 Å². The number of aromatic nitrogens is 3. The molecule has 2 heterocycles. The lowest BCUT2D eigenvalue weighted by molar-refractivity contribution is -0.750. The van der Waals surface area contributed by atoms with Crippen LogP contribution < -0.4 is 4.68 Å². The Kier molecular flexibility index (Phi) is 4.14. The van der Waals surface area contributed by atoms with Gasteiger partial charge in [-0.2, -0.15) is 8.42 Å². The highest BCUT2D eigenvalue weighted by Crippen LogP contribution is 2.28. The van der Waals surface area contributed by atoms with Gasteiger partial charge in [0, 0.05) is 11.6 Å². The van der Waals surface area contributed by atoms with Crippen LogP contribution in [0.3, 0.4) is 0 Å². The molecule has 0 saturated heterocycles. The van der Waals surface area contributed by atoms with E-state index in [1.165, 1.54) is 0 Å². The average molecular weight is 336 g/mol. The van der Waals surface area contributed by atoms with Gasteiger partial charge in [0.2, 0.25) is 0 Å². The third-order valence-electron chi connectivity index (χ3n) is 3.14. The molecular weight excluding hydrogens is 322 g/mol. The number of benzene rings is 1. The fourth-order valence-electron chi connectivity index (χ4n) is 1.93. The van der Waals surface area contributed by atoms with Gasteiger partial charge in [0.05, 0.1) is 17.3 Å². The predicted octanol–water partition coefficient (Wildman–Crippen LogP) is 1.62. The summed E-state index contributed by atoms with van der Waals surface area (Å²) in [5, 5.41) is 5.12. The van der Waals surface area contributed by atoms with Crippen LogP contribution in [0, 0.1) is 0 Å². The second-order valence-electron chi connectivity index (χ2n) is 4.59. The Balaban J connectivity index is 1.79. The van der Waals surface area contributed by atoms with Gasteiger partial charge < -0.3 is 0 Å². The highest BCUT2D eigenvalue weighted by atomic mass is 32.2. The monoisotopic (exact) mass is 336 g/mol. The minimum absolute atomic E-state index is 0.109. The van der Waals surface area contributed by atoms with Crippen molar-refractivity contribution in [3.63, 3.8) is 0 Å². The summed E-state index contributed by atoms with van der Waals surface area (Å²) in [4.78, 5) is 4.56. The van der Waals surface area contributed by atoms with Crippen molar-refractivity contribution in [1.82, 2.24) is 10.1 Å². The molecule has 114 valence electrons. The van der Waals surface area contributed by atoms with Crippen LogP contribution >= 0.6 is 11.3 Å². The maximum atomic E-state index is 11.3. The van der Waals surface area contributed by atoms with E-state index in [0.717, 1.165) is 27.9 Å². The first-order chi connectivity index (χ1) is 10.6. The van der Waals surface area contributed by atoms with Crippen molar-refractivity contribution >= 4 is 31.7 Å². The first-order valence-corrected chi connectivity index (χ1v) is 8.97. The van der Waals surface area contributed by atoms with Crippen molar-refractivity contribution in [2.45, 2.75) is 6.54 Å². The molecule has 0 aliphatic carbocycles. The van der Waals surface area contributed by atoms with Gasteiger partial charge in [-0.3, -0.25) is 4.18 Å². The Morgan fingerprint density at radius 1 is 1.27 bits per heavy atom. The first-order valence-electron chi connectivity index (χ1n) is 6.57. The van der Waals surface area contributed by atoms with E-state index in [-0.39, 0.29) is 12.3 Å². The van der Waals surface area contributed by atoms with Crippen LogP contribution in [0.25, 0.3) is 20.8 Å². The van der Waals surface area contributed by atoms with Crippen LogP contribution in [-0.4, -0.2) is 31.4 Å². The Labute approximate surface area is 132 Å². The second-order valence-corrected chi connectivity index (χ2v) is 7.48. The Morgan fingerprint density at radius 2 is 2.09 bits per heavy atom. The van der Waals surface area contributed by atoms with E-state index in [1.807, 2.05) is 30.3 Å². The lowest BCUT2D eigenvalue weighted by Crippen LogP contribution is -2.40. The molecule has 0 atom stereocenters. The van der Waals surface area contributed by atoms with Gasteiger partial charge in [-0.1, -0.05) is 16.8 Å². The molecule has 0 radical (unpaired) electrons. The molecule has 22 heavy (non-hydrogen) atoms. The minimum atomic E-state index is -3.47. The molecule has 1 aromatic carbocycles. The molecule has 0 bridgehead atoms. The lowest BCUT2D eigenvalue weighted by atomic mass is 10.3. The zero-order chi connectivity index (χ0) is 15.6. The van der Waals surface area contributed by atoms with Crippen LogP contribution in [0.2, 0.25) is 0 Å². The van der Waals surface area contributed by atoms with Crippen LogP contribution in [-0.2, 0) is 20.8 Å². The van der Waals surface area contributed by atoms with Crippen molar-refractivity contribution < 1.29 is 17.3 Å². The maximum Gasteiger partial charge on any atom is 0.273 e. The molecule has 3 rings (SSSR count). The Bertz CT molecular complexity index is 856. The van der Waals surface area contributed by atoms with E-state index in [2.05, 4.69) is 14.3 Å². The average Bonchev–Trinajstić information content (AvgIpc) is 2.97. The summed E-state index contributed by atoms with van der Waals surface area (Å²) in [6.45, 7) is 0.246. The Hall–Kier alpha value is -1.90. The lowest BCUT2D eigenvalue weighted by Gasteiger charge is -1.97. The summed E-state index contributed by atoms with van der Waals surface area (Å²) in [6.07, 6.45) is 3.43. The fourth-order valence-corrected chi connectivity index (χ4v) is 3.46. The smallest absolute Gasteiger partial charge is 0.273 e. The van der Waals surface area contributed by atoms with Gasteiger partial charge in [0.25, 0.3) is 10.1 Å². The van der Waals surface area contributed by atoms with Crippen molar-refractivity contribution in [3.05, 3.63) is 42.7 Å². The zero-order valence-corrected chi connectivity index (χ0v) is 13.5. The number of para-hydroxylation sites is 1. The topological polar surface area (TPSA) is 73.0 Å². The molecule has 2 aromatic heterocycles. The van der Waals surface area contributed by atoms with Gasteiger partial charge in [-0.05, 0) is 17.2 Å². The van der Waals surface area contributed by atoms with Gasteiger partial charge in [-0.15, -0.1) is 11.3 Å². The fraction of sp³-hybridized carbons (Fsp3) is 0.214. The Morgan fingerprint density at radius 3 is 2.77 bits per heavy atom. The standard InChI is InChI=1S/C14H14N3O3S2/c1-20-22(18,19)9-8-17-7-6-11(10-15-17)14-16-12-4-2-3-5-13(12)21-14/h2-7,10H,8-9H2,1H3/q+1. The molecule has 0 fully saturated rings. The van der Waals surface area contributed by atoms with Crippen molar-refractivity contribution in [2.75, 3.05) is 12.9 Å². The number of hydrogen-bond acceptors (Lipinski definition) is 6. The third kappa shape index (κ3) is 3.29. The van der Waals surface area contributed by atoms with E-state index >= 15 is 0 Å². The van der Waals surface area contributed by atoms with Gasteiger partial charge in [-0.25, -0.2) is 4.98 Å². The molecule has 0 aliphatic rings. The van der Waals surface area contributed by atoms with E-state index < -0.39 is 10.1 Å². The summed E-state index contributed by atoms with van der Waals surface area (Å²) in [7, 11) is -2.31. The molecule has 0 N–H and O–H groups in total. The molecule has 3 aromatic rings. The number of hydrogen-bond donors (Lipinski definition) is 0. The number of nitrogens with zero attached hydrogens (tertiary/aromatic N) is 3. The van der Waals surface area contributed by atoms with Crippen molar-refractivity contribution in [3.8, 4) is 10.6 Å². The molecule has 8 heteroatoms. The molecular formula is C14H14N3O3S2+. The van der Waals surface area contributed by atoms with Gasteiger partial charge in [0.1, 0.15) is 17.0 Å². The molecule has 0 saturated carbocycles. The summed E-state index contributed by atoms with van der Waals surface area (Å²) in [5.41, 5.74) is 1.87. The van der Waals surface area contributed by atoms with Crippen molar-refractivity contribution in [1.29, 1.82) is 0 Å². The molecule has 0 aliphatic heterocycles. The van der Waals surface area contributed by atoms with E-state index in [0.29, 0.717) is 0 Å². The quantitative estimate of drug-likeness (QED) is 0.523. The normalized spacial score (nSPS) is 11.9. The van der Waals surface area contributed by atoms with Crippen LogP contribution in [0.5, 0.6) is 0 Å². The minimum Gasteiger partial charge on any atom is -0.273 e. The molecule has 0 spiro atoms. The molecule has 6 nitrogen and oxygen atoms in total. The largest absolute Gasteiger partial charge is 0.273 e. The summed E-state index contributed by atoms with van der Waals surface area (Å²) >= 11 is 1.60. The zero-order valence-electron chi connectivity index (χ0n) is 11.8. The first kappa shape index (κ1) is 15.0. The third-order valence-corrected chi connectivity index (χ3v) is 5.41. The van der Waals surface area contributed by atoms with Crippen LogP contribution in [0.4, 0.5) is 0 Å². The number of rotatable bonds is 5. The van der Waals surface area contributed by atoms with E-state index in [1.54, 1.807) is 28.4 Å². The van der Waals surface area contributed by atoms with Crippen LogP contribution in [0.15, 0.2) is 42.7 Å². The SMILES string of the molecule is COS(=O)(=O)CC[n+]1ccc(-c2nc3ccccc3s2)cn1. The summed E-state index contributed by atoms with van der Waals surface area (Å²) in [5.74, 6) is -0.109. The number of fused-ring (bicyclic) bond motifs is 1. The predicted molar refractivity (Wildman–Crippen MR) is 83.8 cm³/mol. The highest BCUT2D eigenvalue weighted by Gasteiger charge is 2.14. The highest BCUT2D eigenvalue weighted by molar-refractivity contribution is 7.86. The molecule has 0 unspecified atom stereocenters. The second kappa shape index (κ2) is 6.07. The van der Waals surface area contributed by atoms with E-state index in [4.69, 9.17) is 0 Å².